The number of rotatable bonds is 0. The van der Waals surface area contributed by atoms with Gasteiger partial charge in [0.1, 0.15) is 0 Å². The van der Waals surface area contributed by atoms with Crippen molar-refractivity contribution in [2.45, 2.75) is 13.0 Å². The third kappa shape index (κ3) is 1.45. The molecular weight excluding hydrogens is 90.1 g/mol. The molecule has 1 fully saturated rings. The van der Waals surface area contributed by atoms with Gasteiger partial charge in [-0.3, -0.25) is 0 Å². The van der Waals surface area contributed by atoms with E-state index in [1.165, 1.54) is 0 Å². The van der Waals surface area contributed by atoms with E-state index < -0.39 is 0 Å². The molecule has 1 rings (SSSR count). The second-order valence-electron chi connectivity index (χ2n) is 1.89. The van der Waals surface area contributed by atoms with Gasteiger partial charge in [0.2, 0.25) is 0 Å². The molecule has 2 heteroatoms. The van der Waals surface area contributed by atoms with E-state index in [1.54, 1.807) is 0 Å². The average Bonchev–Trinajstić information content (AvgIpc) is 1.69. The lowest BCUT2D eigenvalue weighted by molar-refractivity contribution is 0.0410. The number of nitrogens with one attached hydrogen (secondary N) is 1. The molecule has 7 heavy (non-hydrogen) atoms. The Morgan fingerprint density at radius 3 is 3.00 bits per heavy atom. The predicted molar refractivity (Wildman–Crippen MR) is 30.4 cm³/mol. The van der Waals surface area contributed by atoms with Crippen LogP contribution in [0, 0.1) is 0 Å². The van der Waals surface area contributed by atoms with E-state index in [-0.39, 0.29) is 1.43 Å². The molecule has 1 heterocycles. The molecule has 0 aliphatic carbocycles. The van der Waals surface area contributed by atoms with Crippen LogP contribution < -0.4 is 5.32 Å². The van der Waals surface area contributed by atoms with Gasteiger partial charge in [-0.15, -0.1) is 0 Å². The summed E-state index contributed by atoms with van der Waals surface area (Å²) in [4.78, 5) is 0. The highest BCUT2D eigenvalue weighted by atomic mass is 16.5. The van der Waals surface area contributed by atoms with Gasteiger partial charge in [0.05, 0.1) is 12.7 Å². The lowest BCUT2D eigenvalue weighted by Crippen LogP contribution is -2.36. The number of ether oxygens (including phenoxy) is 1. The van der Waals surface area contributed by atoms with E-state index in [4.69, 9.17) is 4.74 Å². The van der Waals surface area contributed by atoms with Crippen molar-refractivity contribution >= 4 is 0 Å². The summed E-state index contributed by atoms with van der Waals surface area (Å²) in [6.45, 7) is 4.98. The zero-order chi connectivity index (χ0) is 5.11. The third-order valence-corrected chi connectivity index (χ3v) is 1.11. The van der Waals surface area contributed by atoms with Crippen LogP contribution in [0.25, 0.3) is 0 Å². The molecule has 1 N–H and O–H groups in total. The topological polar surface area (TPSA) is 21.3 Å². The van der Waals surface area contributed by atoms with Gasteiger partial charge in [0.25, 0.3) is 0 Å². The van der Waals surface area contributed by atoms with Crippen molar-refractivity contribution in [3.8, 4) is 0 Å². The predicted octanol–water partition coefficient (Wildman–Crippen LogP) is 0.241. The molecule has 1 atom stereocenters. The second-order valence-corrected chi connectivity index (χ2v) is 1.89. The largest absolute Gasteiger partial charge is 0.376 e. The van der Waals surface area contributed by atoms with E-state index >= 15 is 0 Å². The minimum atomic E-state index is 0. The summed E-state index contributed by atoms with van der Waals surface area (Å²) in [7, 11) is 0. The summed E-state index contributed by atoms with van der Waals surface area (Å²) < 4.78 is 5.22. The van der Waals surface area contributed by atoms with Gasteiger partial charge in [0.15, 0.2) is 0 Å². The zero-order valence-corrected chi connectivity index (χ0v) is 4.61. The Morgan fingerprint density at radius 2 is 2.71 bits per heavy atom. The number of morpholine rings is 1. The van der Waals surface area contributed by atoms with Crippen LogP contribution in [-0.4, -0.2) is 25.8 Å². The van der Waals surface area contributed by atoms with Crippen LogP contribution in [0.3, 0.4) is 0 Å². The monoisotopic (exact) mass is 103 g/mol. The molecule has 0 saturated carbocycles. The van der Waals surface area contributed by atoms with E-state index in [0.717, 1.165) is 19.7 Å². The maximum Gasteiger partial charge on any atom is 0.0672 e. The highest BCUT2D eigenvalue weighted by Crippen LogP contribution is 1.91. The Hall–Kier alpha value is -0.0800. The molecule has 1 aliphatic heterocycles. The molecule has 0 aromatic rings. The van der Waals surface area contributed by atoms with Crippen LogP contribution in [0.4, 0.5) is 0 Å². The Morgan fingerprint density at radius 1 is 1.86 bits per heavy atom. The molecule has 44 valence electrons. The van der Waals surface area contributed by atoms with Gasteiger partial charge in [-0.25, -0.2) is 0 Å². The van der Waals surface area contributed by atoms with Crippen molar-refractivity contribution < 1.29 is 6.16 Å². The Labute approximate surface area is 45.3 Å². The molecule has 2 nitrogen and oxygen atoms in total. The number of hydrogen-bond donors (Lipinski definition) is 1. The fraction of sp³-hybridized carbons (Fsp3) is 1.00. The molecule has 0 aromatic carbocycles. The second kappa shape index (κ2) is 2.28. The molecule has 0 aromatic heterocycles. The zero-order valence-electron chi connectivity index (χ0n) is 4.61. The SMILES string of the molecule is C[C@@H]1CNCCO1.[HH]. The van der Waals surface area contributed by atoms with Gasteiger partial charge >= 0.3 is 0 Å². The summed E-state index contributed by atoms with van der Waals surface area (Å²) in [5.41, 5.74) is 0. The Balaban J connectivity index is 0.000000490. The van der Waals surface area contributed by atoms with Crippen molar-refractivity contribution in [1.82, 2.24) is 5.32 Å². The third-order valence-electron chi connectivity index (χ3n) is 1.11. The number of hydrogen-bond acceptors (Lipinski definition) is 2. The molecule has 0 amide bonds. The van der Waals surface area contributed by atoms with Crippen molar-refractivity contribution in [3.63, 3.8) is 0 Å². The van der Waals surface area contributed by atoms with Crippen LogP contribution in [-0.2, 0) is 4.74 Å². The summed E-state index contributed by atoms with van der Waals surface area (Å²) in [6, 6.07) is 0. The smallest absolute Gasteiger partial charge is 0.0672 e. The molecule has 1 aliphatic rings. The molecular formula is C5H13NO. The fourth-order valence-electron chi connectivity index (χ4n) is 0.697. The van der Waals surface area contributed by atoms with Gasteiger partial charge in [-0.2, -0.15) is 0 Å². The summed E-state index contributed by atoms with van der Waals surface area (Å²) in [6.07, 6.45) is 0.425. The maximum absolute atomic E-state index is 5.22. The van der Waals surface area contributed by atoms with Crippen LogP contribution in [0.5, 0.6) is 0 Å². The van der Waals surface area contributed by atoms with E-state index in [0.29, 0.717) is 6.10 Å². The van der Waals surface area contributed by atoms with E-state index in [9.17, 15) is 0 Å². The van der Waals surface area contributed by atoms with Crippen molar-refractivity contribution in [2.24, 2.45) is 0 Å². The standard InChI is InChI=1S/C5H11NO.H2/c1-5-4-6-2-3-7-5;/h5-6H,2-4H2,1H3;1H/t5-;/m1./s1. The van der Waals surface area contributed by atoms with Crippen LogP contribution in [0.15, 0.2) is 0 Å². The molecule has 0 spiro atoms. The first-order chi connectivity index (χ1) is 3.39. The summed E-state index contributed by atoms with van der Waals surface area (Å²) >= 11 is 0. The van der Waals surface area contributed by atoms with Gasteiger partial charge in [-0.1, -0.05) is 0 Å². The molecule has 0 bridgehead atoms. The minimum absolute atomic E-state index is 0. The van der Waals surface area contributed by atoms with Crippen molar-refractivity contribution in [2.75, 3.05) is 19.7 Å². The molecule has 1 saturated heterocycles. The van der Waals surface area contributed by atoms with Crippen molar-refractivity contribution in [3.05, 3.63) is 0 Å². The first kappa shape index (κ1) is 5.06. The average molecular weight is 103 g/mol. The lowest BCUT2D eigenvalue weighted by Gasteiger charge is -2.18. The maximum atomic E-state index is 5.22. The van der Waals surface area contributed by atoms with Gasteiger partial charge in [0, 0.05) is 14.5 Å². The van der Waals surface area contributed by atoms with Gasteiger partial charge < -0.3 is 10.1 Å². The Bertz CT molecular complexity index is 54.4. The first-order valence-electron chi connectivity index (χ1n) is 2.72. The first-order valence-corrected chi connectivity index (χ1v) is 2.72. The van der Waals surface area contributed by atoms with Crippen LogP contribution in [0.1, 0.15) is 8.35 Å². The minimum Gasteiger partial charge on any atom is -0.376 e. The fourth-order valence-corrected chi connectivity index (χ4v) is 0.697. The lowest BCUT2D eigenvalue weighted by atomic mass is 10.3. The molecule has 0 unspecified atom stereocenters. The highest BCUT2D eigenvalue weighted by Gasteiger charge is 2.04. The van der Waals surface area contributed by atoms with Crippen LogP contribution in [0.2, 0.25) is 0 Å². The highest BCUT2D eigenvalue weighted by molar-refractivity contribution is 4.59. The van der Waals surface area contributed by atoms with E-state index in [1.807, 2.05) is 0 Å². The van der Waals surface area contributed by atoms with Gasteiger partial charge in [-0.05, 0) is 6.92 Å². The quantitative estimate of drug-likeness (QED) is 0.474. The van der Waals surface area contributed by atoms with Crippen LogP contribution >= 0.6 is 0 Å². The molecule has 0 radical (unpaired) electrons. The van der Waals surface area contributed by atoms with Crippen molar-refractivity contribution in [1.29, 1.82) is 0 Å². The normalized spacial score (nSPS) is 33.0. The summed E-state index contributed by atoms with van der Waals surface area (Å²) in [5.74, 6) is 0. The summed E-state index contributed by atoms with van der Waals surface area (Å²) in [5, 5.41) is 3.21. The Kier molecular flexibility index (Phi) is 1.65. The van der Waals surface area contributed by atoms with E-state index in [2.05, 4.69) is 12.2 Å².